The van der Waals surface area contributed by atoms with Crippen LogP contribution in [-0.4, -0.2) is 27.6 Å². The summed E-state index contributed by atoms with van der Waals surface area (Å²) in [4.78, 5) is 34.8. The zero-order chi connectivity index (χ0) is 26.2. The van der Waals surface area contributed by atoms with E-state index < -0.39 is 11.9 Å². The third-order valence-electron chi connectivity index (χ3n) is 6.52. The number of nitrogens with one attached hydrogen (secondary N) is 1. The molecule has 2 aromatic carbocycles. The van der Waals surface area contributed by atoms with Crippen molar-refractivity contribution in [1.29, 1.82) is 0 Å². The Morgan fingerprint density at radius 3 is 2.82 bits per heavy atom. The molecule has 38 heavy (non-hydrogen) atoms. The third kappa shape index (κ3) is 4.35. The van der Waals surface area contributed by atoms with E-state index in [1.165, 1.54) is 0 Å². The third-order valence-corrected chi connectivity index (χ3v) is 7.21. The van der Waals surface area contributed by atoms with Gasteiger partial charge in [-0.25, -0.2) is 15.2 Å². The Bertz CT molecular complexity index is 1780. The van der Waals surface area contributed by atoms with Gasteiger partial charge in [0.2, 0.25) is 5.76 Å². The second-order valence-corrected chi connectivity index (χ2v) is 9.79. The summed E-state index contributed by atoms with van der Waals surface area (Å²) < 4.78 is 12.5. The van der Waals surface area contributed by atoms with Gasteiger partial charge in [-0.1, -0.05) is 46.3 Å². The summed E-state index contributed by atoms with van der Waals surface area (Å²) in [5.74, 6) is 0.0720. The zero-order valence-electron chi connectivity index (χ0n) is 20.3. The summed E-state index contributed by atoms with van der Waals surface area (Å²) in [6.45, 7) is 1.80. The van der Waals surface area contributed by atoms with Crippen LogP contribution in [0.15, 0.2) is 80.9 Å². The average Bonchev–Trinajstić information content (AvgIpc) is 3.30. The first-order valence-corrected chi connectivity index (χ1v) is 12.9. The number of aromatic nitrogens is 2. The fraction of sp³-hybridized carbons (Fsp3) is 0.138. The molecule has 1 aliphatic rings. The van der Waals surface area contributed by atoms with Crippen LogP contribution < -0.4 is 10.2 Å². The number of carbonyl (C=O) groups is 2. The highest BCUT2D eigenvalue weighted by molar-refractivity contribution is 9.10. The van der Waals surface area contributed by atoms with E-state index in [-0.39, 0.29) is 11.5 Å². The fourth-order valence-electron chi connectivity index (χ4n) is 4.68. The number of fused-ring (bicyclic) bond motifs is 3. The number of carbonyl (C=O) groups excluding carboxylic acids is 2. The van der Waals surface area contributed by atoms with Crippen molar-refractivity contribution in [3.63, 3.8) is 0 Å². The minimum absolute atomic E-state index is 0.110. The molecule has 5 aromatic rings. The predicted octanol–water partition coefficient (Wildman–Crippen LogP) is 6.14. The number of halogens is 1. The van der Waals surface area contributed by atoms with E-state index in [4.69, 9.17) is 9.15 Å². The van der Waals surface area contributed by atoms with Gasteiger partial charge in [-0.3, -0.25) is 9.78 Å². The summed E-state index contributed by atoms with van der Waals surface area (Å²) >= 11 is 3.50. The maximum atomic E-state index is 13.2. The number of pyridine rings is 2. The highest BCUT2D eigenvalue weighted by atomic mass is 79.9. The van der Waals surface area contributed by atoms with Crippen LogP contribution in [0.4, 0.5) is 0 Å². The van der Waals surface area contributed by atoms with Crippen molar-refractivity contribution in [3.8, 4) is 5.75 Å². The Labute approximate surface area is 225 Å². The van der Waals surface area contributed by atoms with Crippen LogP contribution in [0.2, 0.25) is 0 Å². The molecule has 0 fully saturated rings. The lowest BCUT2D eigenvalue weighted by atomic mass is 9.93. The number of amides is 1. The van der Waals surface area contributed by atoms with Crippen molar-refractivity contribution in [2.24, 2.45) is 5.10 Å². The van der Waals surface area contributed by atoms with E-state index in [2.05, 4.69) is 36.4 Å². The van der Waals surface area contributed by atoms with E-state index in [1.54, 1.807) is 25.3 Å². The van der Waals surface area contributed by atoms with Crippen molar-refractivity contribution >= 4 is 55.3 Å². The molecule has 1 aliphatic carbocycles. The Kier molecular flexibility index (Phi) is 6.21. The van der Waals surface area contributed by atoms with Gasteiger partial charge in [-0.05, 0) is 50.1 Å². The average molecular weight is 569 g/mol. The molecule has 3 aromatic heterocycles. The Balaban J connectivity index is 1.26. The molecule has 0 spiro atoms. The monoisotopic (exact) mass is 568 g/mol. The molecule has 1 amide bonds. The number of hydrogen-bond donors (Lipinski definition) is 1. The summed E-state index contributed by atoms with van der Waals surface area (Å²) in [6.07, 6.45) is 3.71. The minimum Gasteiger partial charge on any atom is -0.453 e. The zero-order valence-corrected chi connectivity index (χ0v) is 21.9. The highest BCUT2D eigenvalue weighted by Gasteiger charge is 2.29. The minimum atomic E-state index is -0.616. The number of furan rings is 1. The van der Waals surface area contributed by atoms with Gasteiger partial charge in [0, 0.05) is 39.0 Å². The molecule has 188 valence electrons. The number of benzene rings is 2. The van der Waals surface area contributed by atoms with Gasteiger partial charge in [-0.2, -0.15) is 5.10 Å². The molecule has 0 saturated carbocycles. The lowest BCUT2D eigenvalue weighted by Gasteiger charge is -2.13. The van der Waals surface area contributed by atoms with Crippen LogP contribution in [-0.2, 0) is 6.42 Å². The molecular formula is C29H21BrN4O4. The number of ether oxygens (including phenoxy) is 1. The van der Waals surface area contributed by atoms with Crippen molar-refractivity contribution in [1.82, 2.24) is 15.4 Å². The Morgan fingerprint density at radius 1 is 1.05 bits per heavy atom. The summed E-state index contributed by atoms with van der Waals surface area (Å²) in [5.41, 5.74) is 6.19. The fourth-order valence-corrected chi connectivity index (χ4v) is 5.14. The SMILES string of the molecule is Cc1c(C(=O)Oc2ccc(Br)c3cccnc23)oc2c1/C(=N/NC(=O)c1ccc3ccccc3n1)CCC2. The molecule has 0 atom stereocenters. The van der Waals surface area contributed by atoms with Gasteiger partial charge in [0.15, 0.2) is 5.75 Å². The first-order valence-electron chi connectivity index (χ1n) is 12.1. The van der Waals surface area contributed by atoms with E-state index in [1.807, 2.05) is 48.5 Å². The normalized spacial score (nSPS) is 14.0. The van der Waals surface area contributed by atoms with Crippen LogP contribution in [0.25, 0.3) is 21.8 Å². The Morgan fingerprint density at radius 2 is 1.92 bits per heavy atom. The van der Waals surface area contributed by atoms with Gasteiger partial charge < -0.3 is 9.15 Å². The summed E-state index contributed by atoms with van der Waals surface area (Å²) in [7, 11) is 0. The molecule has 9 heteroatoms. The molecule has 0 radical (unpaired) electrons. The number of nitrogens with zero attached hydrogens (tertiary/aromatic N) is 3. The number of rotatable bonds is 4. The number of hydrazone groups is 1. The van der Waals surface area contributed by atoms with Crippen molar-refractivity contribution in [3.05, 3.63) is 99.7 Å². The van der Waals surface area contributed by atoms with Crippen LogP contribution in [0.5, 0.6) is 5.75 Å². The Hall–Kier alpha value is -4.37. The van der Waals surface area contributed by atoms with Crippen molar-refractivity contribution in [2.75, 3.05) is 0 Å². The second kappa shape index (κ2) is 9.83. The molecule has 0 bridgehead atoms. The maximum Gasteiger partial charge on any atom is 0.380 e. The quantitative estimate of drug-likeness (QED) is 0.158. The lowest BCUT2D eigenvalue weighted by molar-refractivity contribution is 0.0700. The van der Waals surface area contributed by atoms with Gasteiger partial charge in [0.25, 0.3) is 5.91 Å². The van der Waals surface area contributed by atoms with Crippen LogP contribution in [0, 0.1) is 6.92 Å². The molecule has 0 saturated heterocycles. The van der Waals surface area contributed by atoms with Crippen molar-refractivity contribution in [2.45, 2.75) is 26.2 Å². The van der Waals surface area contributed by atoms with Gasteiger partial charge in [0.1, 0.15) is 17.0 Å². The first-order chi connectivity index (χ1) is 18.5. The van der Waals surface area contributed by atoms with Crippen LogP contribution in [0.1, 0.15) is 50.8 Å². The largest absolute Gasteiger partial charge is 0.453 e. The summed E-state index contributed by atoms with van der Waals surface area (Å²) in [6, 6.07) is 18.3. The van der Waals surface area contributed by atoms with E-state index >= 15 is 0 Å². The number of para-hydroxylation sites is 1. The van der Waals surface area contributed by atoms with E-state index in [0.29, 0.717) is 41.1 Å². The standard InChI is InChI=1S/C29H21BrN4O4/c1-16-25-21(33-34-28(35)22-13-11-17-6-2-3-8-20(17)32-22)9-4-10-23(25)37-27(16)29(36)38-24-14-12-19(30)18-7-5-15-31-26(18)24/h2-3,5-8,11-15H,4,9-10H2,1H3,(H,34,35)/b33-21+. The van der Waals surface area contributed by atoms with Crippen molar-refractivity contribution < 1.29 is 18.7 Å². The summed E-state index contributed by atoms with van der Waals surface area (Å²) in [5, 5.41) is 6.18. The first kappa shape index (κ1) is 24.0. The molecule has 8 nitrogen and oxygen atoms in total. The molecule has 1 N–H and O–H groups in total. The van der Waals surface area contributed by atoms with E-state index in [0.717, 1.165) is 32.7 Å². The van der Waals surface area contributed by atoms with Gasteiger partial charge >= 0.3 is 5.97 Å². The molecule has 6 rings (SSSR count). The van der Waals surface area contributed by atoms with Gasteiger partial charge in [-0.15, -0.1) is 0 Å². The predicted molar refractivity (Wildman–Crippen MR) is 147 cm³/mol. The van der Waals surface area contributed by atoms with Gasteiger partial charge in [0.05, 0.1) is 11.2 Å². The molecule has 3 heterocycles. The van der Waals surface area contributed by atoms with E-state index in [9.17, 15) is 9.59 Å². The smallest absolute Gasteiger partial charge is 0.380 e. The van der Waals surface area contributed by atoms with Crippen LogP contribution >= 0.6 is 15.9 Å². The van der Waals surface area contributed by atoms with Crippen LogP contribution in [0.3, 0.4) is 0 Å². The molecular weight excluding hydrogens is 548 g/mol. The number of hydrogen-bond acceptors (Lipinski definition) is 7. The topological polar surface area (TPSA) is 107 Å². The molecule has 0 aliphatic heterocycles. The lowest BCUT2D eigenvalue weighted by Crippen LogP contribution is -2.23. The molecule has 0 unspecified atom stereocenters. The number of esters is 1. The number of aryl methyl sites for hydroxylation is 1. The maximum absolute atomic E-state index is 13.2. The highest BCUT2D eigenvalue weighted by Crippen LogP contribution is 2.33. The second-order valence-electron chi connectivity index (χ2n) is 8.93.